The Morgan fingerprint density at radius 2 is 1.80 bits per heavy atom. The lowest BCUT2D eigenvalue weighted by molar-refractivity contribution is -0.134. The van der Waals surface area contributed by atoms with Gasteiger partial charge in [-0.2, -0.15) is 0 Å². The van der Waals surface area contributed by atoms with Crippen molar-refractivity contribution in [2.45, 2.75) is 32.1 Å². The second kappa shape index (κ2) is 8.94. The molecule has 0 aliphatic carbocycles. The summed E-state index contributed by atoms with van der Waals surface area (Å²) in [4.78, 5) is 47.2. The number of aromatic amines is 2. The smallest absolute Gasteiger partial charge is 0.325 e. The minimum absolute atomic E-state index is 0.0155. The number of anilines is 1. The molecule has 0 unspecified atom stereocenters. The Balaban J connectivity index is 1.21. The van der Waals surface area contributed by atoms with E-state index < -0.39 is 0 Å². The highest BCUT2D eigenvalue weighted by Gasteiger charge is 2.23. The standard InChI is InChI=1S/C22H25N5O3/c28-19(24-18-7-6-17-21(25-18)26-22(30)23-17)8-9-20(29)27-12-10-16(11-13-27)14-15-4-2-1-3-5-15/h1-7,16H,8-14H2,(H3,23,24,25,26,28,30). The van der Waals surface area contributed by atoms with E-state index in [-0.39, 0.29) is 30.3 Å². The molecule has 3 heterocycles. The van der Waals surface area contributed by atoms with Gasteiger partial charge in [-0.05, 0) is 42.9 Å². The van der Waals surface area contributed by atoms with Gasteiger partial charge in [-0.15, -0.1) is 0 Å². The largest absolute Gasteiger partial charge is 0.343 e. The van der Waals surface area contributed by atoms with Gasteiger partial charge in [0.25, 0.3) is 0 Å². The number of hydrogen-bond donors (Lipinski definition) is 3. The summed E-state index contributed by atoms with van der Waals surface area (Å²) in [5.74, 6) is 0.686. The molecular formula is C22H25N5O3. The van der Waals surface area contributed by atoms with Gasteiger partial charge < -0.3 is 15.2 Å². The third kappa shape index (κ3) is 4.94. The highest BCUT2D eigenvalue weighted by atomic mass is 16.2. The predicted molar refractivity (Wildman–Crippen MR) is 114 cm³/mol. The molecule has 0 saturated carbocycles. The van der Waals surface area contributed by atoms with Crippen molar-refractivity contribution in [3.63, 3.8) is 0 Å². The lowest BCUT2D eigenvalue weighted by Crippen LogP contribution is -2.39. The number of piperidine rings is 1. The molecule has 1 saturated heterocycles. The zero-order valence-electron chi connectivity index (χ0n) is 16.7. The summed E-state index contributed by atoms with van der Waals surface area (Å²) in [6, 6.07) is 13.7. The van der Waals surface area contributed by atoms with Gasteiger partial charge in [0.1, 0.15) is 5.82 Å². The van der Waals surface area contributed by atoms with Gasteiger partial charge in [0.15, 0.2) is 5.65 Å². The number of imidazole rings is 1. The van der Waals surface area contributed by atoms with Gasteiger partial charge in [-0.3, -0.25) is 14.6 Å². The summed E-state index contributed by atoms with van der Waals surface area (Å²) in [5.41, 5.74) is 1.95. The molecule has 1 aliphatic heterocycles. The number of benzene rings is 1. The molecule has 1 aliphatic rings. The van der Waals surface area contributed by atoms with Crippen LogP contribution in [0.1, 0.15) is 31.2 Å². The van der Waals surface area contributed by atoms with E-state index in [1.165, 1.54) is 5.56 Å². The van der Waals surface area contributed by atoms with E-state index >= 15 is 0 Å². The number of pyridine rings is 1. The Bertz CT molecular complexity index is 1080. The molecule has 8 heteroatoms. The first-order valence-electron chi connectivity index (χ1n) is 10.3. The van der Waals surface area contributed by atoms with Gasteiger partial charge in [0.05, 0.1) is 5.52 Å². The van der Waals surface area contributed by atoms with Gasteiger partial charge in [-0.1, -0.05) is 30.3 Å². The quantitative estimate of drug-likeness (QED) is 0.583. The number of carbonyl (C=O) groups is 2. The molecule has 0 spiro atoms. The topological polar surface area (TPSA) is 111 Å². The maximum Gasteiger partial charge on any atom is 0.325 e. The van der Waals surface area contributed by atoms with Crippen molar-refractivity contribution in [3.8, 4) is 0 Å². The highest BCUT2D eigenvalue weighted by Crippen LogP contribution is 2.22. The van der Waals surface area contributed by atoms with Gasteiger partial charge in [0, 0.05) is 25.9 Å². The van der Waals surface area contributed by atoms with Crippen LogP contribution < -0.4 is 11.0 Å². The highest BCUT2D eigenvalue weighted by molar-refractivity contribution is 5.93. The van der Waals surface area contributed by atoms with E-state index in [0.717, 1.165) is 32.4 Å². The first kappa shape index (κ1) is 19.9. The Morgan fingerprint density at radius 3 is 2.57 bits per heavy atom. The molecule has 1 fully saturated rings. The molecule has 30 heavy (non-hydrogen) atoms. The number of nitrogens with zero attached hydrogens (tertiary/aromatic N) is 2. The third-order valence-electron chi connectivity index (χ3n) is 5.54. The number of aromatic nitrogens is 3. The number of H-pyrrole nitrogens is 2. The monoisotopic (exact) mass is 407 g/mol. The van der Waals surface area contributed by atoms with Gasteiger partial charge in [-0.25, -0.2) is 9.78 Å². The minimum atomic E-state index is -0.348. The van der Waals surface area contributed by atoms with Crippen LogP contribution in [0.15, 0.2) is 47.3 Å². The Morgan fingerprint density at radius 1 is 1.03 bits per heavy atom. The second-order valence-electron chi connectivity index (χ2n) is 7.73. The Hall–Kier alpha value is -3.42. The molecule has 1 aromatic carbocycles. The summed E-state index contributed by atoms with van der Waals surface area (Å²) in [6.07, 6.45) is 3.32. The maximum atomic E-state index is 12.5. The summed E-state index contributed by atoms with van der Waals surface area (Å²) < 4.78 is 0. The SMILES string of the molecule is O=C(CCC(=O)N1CCC(Cc2ccccc2)CC1)Nc1ccc2[nH]c(=O)[nH]c2n1. The molecule has 3 aromatic rings. The summed E-state index contributed by atoms with van der Waals surface area (Å²) in [5, 5.41) is 2.68. The van der Waals surface area contributed by atoms with Crippen LogP contribution in [-0.2, 0) is 16.0 Å². The zero-order valence-corrected chi connectivity index (χ0v) is 16.7. The number of carbonyl (C=O) groups excluding carboxylic acids is 2. The third-order valence-corrected chi connectivity index (χ3v) is 5.54. The average molecular weight is 407 g/mol. The van der Waals surface area contributed by atoms with Gasteiger partial charge >= 0.3 is 5.69 Å². The summed E-state index contributed by atoms with van der Waals surface area (Å²) in [6.45, 7) is 1.49. The molecule has 156 valence electrons. The summed E-state index contributed by atoms with van der Waals surface area (Å²) >= 11 is 0. The zero-order chi connectivity index (χ0) is 20.9. The number of fused-ring (bicyclic) bond motifs is 1. The molecule has 4 rings (SSSR count). The van der Waals surface area contributed by atoms with E-state index in [2.05, 4.69) is 44.5 Å². The van der Waals surface area contributed by atoms with Crippen molar-refractivity contribution < 1.29 is 9.59 Å². The normalized spacial score (nSPS) is 14.7. The lowest BCUT2D eigenvalue weighted by atomic mass is 9.90. The number of amides is 2. The van der Waals surface area contributed by atoms with Crippen molar-refractivity contribution in [2.24, 2.45) is 5.92 Å². The van der Waals surface area contributed by atoms with E-state index in [4.69, 9.17) is 0 Å². The van der Waals surface area contributed by atoms with Crippen molar-refractivity contribution in [1.29, 1.82) is 0 Å². The molecular weight excluding hydrogens is 382 g/mol. The van der Waals surface area contributed by atoms with Crippen molar-refractivity contribution >= 4 is 28.8 Å². The molecule has 2 amide bonds. The number of likely N-dealkylation sites (tertiary alicyclic amines) is 1. The Labute approximate surface area is 173 Å². The fraction of sp³-hybridized carbons (Fsp3) is 0.364. The number of hydrogen-bond acceptors (Lipinski definition) is 4. The molecule has 0 radical (unpaired) electrons. The predicted octanol–water partition coefficient (Wildman–Crippen LogP) is 2.45. The second-order valence-corrected chi connectivity index (χ2v) is 7.73. The van der Waals surface area contributed by atoms with E-state index in [1.54, 1.807) is 12.1 Å². The van der Waals surface area contributed by atoms with Crippen LogP contribution in [0.25, 0.3) is 11.2 Å². The van der Waals surface area contributed by atoms with Crippen molar-refractivity contribution in [2.75, 3.05) is 18.4 Å². The van der Waals surface area contributed by atoms with Crippen LogP contribution in [-0.4, -0.2) is 44.8 Å². The molecule has 8 nitrogen and oxygen atoms in total. The summed E-state index contributed by atoms with van der Waals surface area (Å²) in [7, 11) is 0. The van der Waals surface area contributed by atoms with Crippen LogP contribution >= 0.6 is 0 Å². The van der Waals surface area contributed by atoms with E-state index in [9.17, 15) is 14.4 Å². The number of rotatable bonds is 6. The molecule has 3 N–H and O–H groups in total. The number of nitrogens with one attached hydrogen (secondary N) is 3. The minimum Gasteiger partial charge on any atom is -0.343 e. The molecule has 0 bridgehead atoms. The fourth-order valence-corrected chi connectivity index (χ4v) is 3.90. The van der Waals surface area contributed by atoms with Crippen LogP contribution in [0.5, 0.6) is 0 Å². The maximum absolute atomic E-state index is 12.5. The van der Waals surface area contributed by atoms with Crippen LogP contribution in [0.3, 0.4) is 0 Å². The van der Waals surface area contributed by atoms with Crippen LogP contribution in [0, 0.1) is 5.92 Å². The Kier molecular flexibility index (Phi) is 5.92. The van der Waals surface area contributed by atoms with E-state index in [0.29, 0.717) is 22.9 Å². The van der Waals surface area contributed by atoms with Crippen LogP contribution in [0.4, 0.5) is 5.82 Å². The lowest BCUT2D eigenvalue weighted by Gasteiger charge is -2.32. The first-order valence-corrected chi connectivity index (χ1v) is 10.3. The van der Waals surface area contributed by atoms with Crippen molar-refractivity contribution in [3.05, 3.63) is 58.5 Å². The fourth-order valence-electron chi connectivity index (χ4n) is 3.90. The van der Waals surface area contributed by atoms with E-state index in [1.807, 2.05) is 11.0 Å². The first-order chi connectivity index (χ1) is 14.6. The molecule has 2 aromatic heterocycles. The van der Waals surface area contributed by atoms with Crippen molar-refractivity contribution in [1.82, 2.24) is 19.9 Å². The average Bonchev–Trinajstić information content (AvgIpc) is 3.12. The van der Waals surface area contributed by atoms with Crippen LogP contribution in [0.2, 0.25) is 0 Å². The van der Waals surface area contributed by atoms with Gasteiger partial charge in [0.2, 0.25) is 11.8 Å². The molecule has 0 atom stereocenters.